The molecule has 3 nitrogen and oxygen atoms in total. The average molecular weight is 385 g/mol. The Morgan fingerprint density at radius 1 is 1.16 bits per heavy atom. The second-order valence-corrected chi connectivity index (χ2v) is 6.20. The Hall–Kier alpha value is -0.650. The van der Waals surface area contributed by atoms with Crippen LogP contribution < -0.4 is 0 Å². The van der Waals surface area contributed by atoms with Crippen LogP contribution in [0, 0.1) is 34.0 Å². The molecule has 1 atom stereocenters. The first kappa shape index (κ1) is 14.8. The maximum absolute atomic E-state index is 9.59. The van der Waals surface area contributed by atoms with Gasteiger partial charge in [0.2, 0.25) is 0 Å². The molecule has 2 rings (SSSR count). The molecule has 100 valence electrons. The minimum atomic E-state index is -0.296. The number of rotatable bonds is 2. The van der Waals surface area contributed by atoms with Crippen molar-refractivity contribution in [2.24, 2.45) is 16.3 Å². The van der Waals surface area contributed by atoms with Crippen LogP contribution in [0.25, 0.3) is 0 Å². The van der Waals surface area contributed by atoms with E-state index in [2.05, 4.69) is 49.0 Å². The van der Waals surface area contributed by atoms with Crippen molar-refractivity contribution < 1.29 is 0 Å². The van der Waals surface area contributed by atoms with E-state index in [0.717, 1.165) is 42.7 Å². The van der Waals surface area contributed by atoms with Crippen molar-refractivity contribution >= 4 is 37.6 Å². The summed E-state index contributed by atoms with van der Waals surface area (Å²) in [6.07, 6.45) is 5.24. The molecule has 1 saturated carbocycles. The van der Waals surface area contributed by atoms with Gasteiger partial charge >= 0.3 is 0 Å². The topological polar surface area (TPSA) is 59.9 Å². The van der Waals surface area contributed by atoms with E-state index >= 15 is 0 Å². The lowest BCUT2D eigenvalue weighted by atomic mass is 9.59. The van der Waals surface area contributed by atoms with E-state index in [4.69, 9.17) is 0 Å². The summed E-state index contributed by atoms with van der Waals surface area (Å²) in [4.78, 5) is 4.53. The third kappa shape index (κ3) is 2.39. The minimum Gasteiger partial charge on any atom is -0.258 e. The highest BCUT2D eigenvalue weighted by atomic mass is 79.9. The first-order chi connectivity index (χ1) is 9.23. The molecule has 19 heavy (non-hydrogen) atoms. The van der Waals surface area contributed by atoms with Crippen LogP contribution in [-0.2, 0) is 0 Å². The molecule has 0 bridgehead atoms. The molecule has 0 unspecified atom stereocenters. The van der Waals surface area contributed by atoms with Crippen molar-refractivity contribution in [3.05, 3.63) is 11.3 Å². The SMILES string of the molecule is N#CC1=C(CBr)N=C(CBr)[C@@H](C#N)C12CCCCC2. The van der Waals surface area contributed by atoms with E-state index in [0.29, 0.717) is 10.7 Å². The van der Waals surface area contributed by atoms with Crippen LogP contribution in [0.3, 0.4) is 0 Å². The molecule has 0 aromatic rings. The maximum atomic E-state index is 9.59. The number of allylic oxidation sites excluding steroid dienone is 2. The summed E-state index contributed by atoms with van der Waals surface area (Å²) in [5.41, 5.74) is 2.12. The van der Waals surface area contributed by atoms with Crippen molar-refractivity contribution in [2.75, 3.05) is 10.7 Å². The second-order valence-electron chi connectivity index (χ2n) is 5.08. The predicted molar refractivity (Wildman–Crippen MR) is 82.3 cm³/mol. The van der Waals surface area contributed by atoms with Crippen molar-refractivity contribution in [3.8, 4) is 12.1 Å². The molecule has 1 aliphatic carbocycles. The lowest BCUT2D eigenvalue weighted by Crippen LogP contribution is -2.42. The fourth-order valence-electron chi connectivity index (χ4n) is 3.34. The number of hydrogen-bond donors (Lipinski definition) is 0. The minimum absolute atomic E-state index is 0.260. The van der Waals surface area contributed by atoms with E-state index in [9.17, 15) is 10.5 Å². The molecule has 1 heterocycles. The predicted octanol–water partition coefficient (Wildman–Crippen LogP) is 4.10. The van der Waals surface area contributed by atoms with Crippen molar-refractivity contribution in [3.63, 3.8) is 0 Å². The van der Waals surface area contributed by atoms with Gasteiger partial charge < -0.3 is 0 Å². The Bertz CT molecular complexity index is 502. The Balaban J connectivity index is 2.60. The maximum Gasteiger partial charge on any atom is 0.0973 e. The van der Waals surface area contributed by atoms with Gasteiger partial charge in [-0.1, -0.05) is 51.1 Å². The monoisotopic (exact) mass is 383 g/mol. The van der Waals surface area contributed by atoms with E-state index < -0.39 is 0 Å². The average Bonchev–Trinajstić information content (AvgIpc) is 2.46. The molecule has 0 saturated heterocycles. The van der Waals surface area contributed by atoms with Crippen LogP contribution >= 0.6 is 31.9 Å². The summed E-state index contributed by atoms with van der Waals surface area (Å²) in [5.74, 6) is -0.260. The van der Waals surface area contributed by atoms with E-state index in [-0.39, 0.29) is 11.3 Å². The van der Waals surface area contributed by atoms with Crippen LogP contribution in [0.5, 0.6) is 0 Å². The zero-order chi connectivity index (χ0) is 13.9. The molecular weight excluding hydrogens is 370 g/mol. The van der Waals surface area contributed by atoms with Gasteiger partial charge in [0.15, 0.2) is 0 Å². The van der Waals surface area contributed by atoms with Gasteiger partial charge in [-0.15, -0.1) is 0 Å². The van der Waals surface area contributed by atoms with Crippen LogP contribution in [0.1, 0.15) is 32.1 Å². The highest BCUT2D eigenvalue weighted by Gasteiger charge is 2.48. The normalized spacial score (nSPS) is 25.7. The van der Waals surface area contributed by atoms with Gasteiger partial charge in [-0.3, -0.25) is 4.99 Å². The molecule has 0 aromatic heterocycles. The largest absolute Gasteiger partial charge is 0.258 e. The number of alkyl halides is 2. The molecule has 1 aliphatic heterocycles. The molecule has 0 aromatic carbocycles. The summed E-state index contributed by atoms with van der Waals surface area (Å²) in [6.45, 7) is 0. The van der Waals surface area contributed by atoms with Crippen molar-refractivity contribution in [1.29, 1.82) is 10.5 Å². The number of aliphatic imine (C=N–C) groups is 1. The van der Waals surface area contributed by atoms with Gasteiger partial charge in [0.25, 0.3) is 0 Å². The van der Waals surface area contributed by atoms with E-state index in [1.807, 2.05) is 0 Å². The van der Waals surface area contributed by atoms with Crippen LogP contribution in [0.15, 0.2) is 16.3 Å². The Morgan fingerprint density at radius 3 is 2.32 bits per heavy atom. The first-order valence-corrected chi connectivity index (χ1v) is 8.70. The highest BCUT2D eigenvalue weighted by Crippen LogP contribution is 2.51. The fraction of sp³-hybridized carbons (Fsp3) is 0.643. The molecular formula is C14H15Br2N3. The third-order valence-electron chi connectivity index (χ3n) is 4.20. The number of nitrogens with zero attached hydrogens (tertiary/aromatic N) is 3. The highest BCUT2D eigenvalue weighted by molar-refractivity contribution is 9.09. The summed E-state index contributed by atoms with van der Waals surface area (Å²) in [6, 6.07) is 4.76. The van der Waals surface area contributed by atoms with E-state index in [1.165, 1.54) is 6.42 Å². The van der Waals surface area contributed by atoms with E-state index in [1.54, 1.807) is 0 Å². The summed E-state index contributed by atoms with van der Waals surface area (Å²) in [7, 11) is 0. The van der Waals surface area contributed by atoms with Gasteiger partial charge in [0, 0.05) is 21.8 Å². The Morgan fingerprint density at radius 2 is 1.84 bits per heavy atom. The van der Waals surface area contributed by atoms with Crippen LogP contribution in [0.2, 0.25) is 0 Å². The lowest BCUT2D eigenvalue weighted by Gasteiger charge is -2.43. The molecule has 2 aliphatic rings. The first-order valence-electron chi connectivity index (χ1n) is 6.46. The van der Waals surface area contributed by atoms with Gasteiger partial charge in [-0.2, -0.15) is 10.5 Å². The van der Waals surface area contributed by atoms with Crippen molar-refractivity contribution in [1.82, 2.24) is 0 Å². The lowest BCUT2D eigenvalue weighted by molar-refractivity contribution is 0.214. The van der Waals surface area contributed by atoms with Crippen molar-refractivity contribution in [2.45, 2.75) is 32.1 Å². The van der Waals surface area contributed by atoms with Crippen LogP contribution in [-0.4, -0.2) is 16.4 Å². The van der Waals surface area contributed by atoms with Gasteiger partial charge in [-0.25, -0.2) is 0 Å². The zero-order valence-corrected chi connectivity index (χ0v) is 13.8. The summed E-state index contributed by atoms with van der Waals surface area (Å²) in [5, 5.41) is 20.3. The Kier molecular flexibility index (Phi) is 4.81. The second kappa shape index (κ2) is 6.20. The molecule has 0 amide bonds. The smallest absolute Gasteiger partial charge is 0.0973 e. The third-order valence-corrected chi connectivity index (χ3v) is 5.31. The summed E-state index contributed by atoms with van der Waals surface area (Å²) < 4.78 is 0. The quantitative estimate of drug-likeness (QED) is 0.673. The van der Waals surface area contributed by atoms with Gasteiger partial charge in [-0.05, 0) is 12.8 Å². The molecule has 0 N–H and O–H groups in total. The Labute approximate surface area is 130 Å². The summed E-state index contributed by atoms with van der Waals surface area (Å²) >= 11 is 6.86. The fourth-order valence-corrected chi connectivity index (χ4v) is 4.20. The molecule has 1 spiro atoms. The van der Waals surface area contributed by atoms with Crippen LogP contribution in [0.4, 0.5) is 0 Å². The standard InChI is InChI=1S/C14H15Br2N3/c15-6-12-10(8-17)14(4-2-1-3-5-14)11(9-18)13(7-16)19-12/h10H,1-7H2/t10-/m1/s1. The zero-order valence-electron chi connectivity index (χ0n) is 10.6. The molecule has 1 fully saturated rings. The number of hydrogen-bond acceptors (Lipinski definition) is 3. The van der Waals surface area contributed by atoms with Gasteiger partial charge in [0.1, 0.15) is 0 Å². The molecule has 5 heteroatoms. The number of nitriles is 2. The van der Waals surface area contributed by atoms with Gasteiger partial charge in [0.05, 0.1) is 29.3 Å². The molecule has 0 radical (unpaired) electrons. The number of halogens is 2.